The average molecular weight is 323 g/mol. The van der Waals surface area contributed by atoms with Crippen LogP contribution in [0.2, 0.25) is 0 Å². The molecule has 2 saturated heterocycles. The summed E-state index contributed by atoms with van der Waals surface area (Å²) in [7, 11) is 0. The van der Waals surface area contributed by atoms with E-state index in [0.29, 0.717) is 12.0 Å². The number of halogens is 1. The minimum absolute atomic E-state index is 0.181. The minimum Gasteiger partial charge on any atom is -0.338 e. The number of rotatable bonds is 1. The number of fused-ring (bicyclic) bond motifs is 1. The maximum Gasteiger partial charge on any atom is 0.253 e. The van der Waals surface area contributed by atoms with Crippen LogP contribution < -0.4 is 5.32 Å². The molecular formula is C15H19BrN2O. The molecule has 0 radical (unpaired) electrons. The molecule has 0 spiro atoms. The lowest BCUT2D eigenvalue weighted by Crippen LogP contribution is -2.46. The van der Waals surface area contributed by atoms with Gasteiger partial charge in [-0.3, -0.25) is 4.79 Å². The Balaban J connectivity index is 1.74. The number of piperidine rings is 1. The van der Waals surface area contributed by atoms with Crippen molar-refractivity contribution in [3.63, 3.8) is 0 Å². The summed E-state index contributed by atoms with van der Waals surface area (Å²) < 4.78 is 1.06. The number of hydrogen-bond acceptors (Lipinski definition) is 2. The van der Waals surface area contributed by atoms with Crippen LogP contribution in [0.1, 0.15) is 28.8 Å². The van der Waals surface area contributed by atoms with Gasteiger partial charge in [-0.15, -0.1) is 0 Å². The number of nitrogens with zero attached hydrogens (tertiary/aromatic N) is 1. The summed E-state index contributed by atoms with van der Waals surface area (Å²) in [6.45, 7) is 4.91. The molecule has 0 bridgehead atoms. The third-order valence-electron chi connectivity index (χ3n) is 4.35. The summed E-state index contributed by atoms with van der Waals surface area (Å²) in [5.74, 6) is 0.829. The first-order chi connectivity index (χ1) is 9.15. The van der Waals surface area contributed by atoms with Gasteiger partial charge in [0.2, 0.25) is 0 Å². The number of aryl methyl sites for hydroxylation is 1. The Kier molecular flexibility index (Phi) is 3.63. The van der Waals surface area contributed by atoms with Crippen molar-refractivity contribution >= 4 is 21.8 Å². The van der Waals surface area contributed by atoms with Gasteiger partial charge in [0.25, 0.3) is 5.91 Å². The molecule has 4 heteroatoms. The number of benzene rings is 1. The molecule has 1 amide bonds. The lowest BCUT2D eigenvalue weighted by molar-refractivity contribution is 0.0662. The zero-order valence-electron chi connectivity index (χ0n) is 11.2. The molecule has 0 aromatic heterocycles. The molecule has 3 nitrogen and oxygen atoms in total. The molecule has 1 aromatic carbocycles. The van der Waals surface area contributed by atoms with Gasteiger partial charge in [0, 0.05) is 29.2 Å². The Hall–Kier alpha value is -0.870. The van der Waals surface area contributed by atoms with Crippen molar-refractivity contribution in [2.75, 3.05) is 19.6 Å². The molecule has 0 saturated carbocycles. The van der Waals surface area contributed by atoms with Gasteiger partial charge in [0.15, 0.2) is 0 Å². The fourth-order valence-electron chi connectivity index (χ4n) is 3.19. The van der Waals surface area contributed by atoms with Gasteiger partial charge >= 0.3 is 0 Å². The summed E-state index contributed by atoms with van der Waals surface area (Å²) in [4.78, 5) is 14.6. The van der Waals surface area contributed by atoms with Crippen molar-refractivity contribution in [3.8, 4) is 0 Å². The minimum atomic E-state index is 0.181. The number of hydrogen-bond donors (Lipinski definition) is 1. The highest BCUT2D eigenvalue weighted by Gasteiger charge is 2.34. The van der Waals surface area contributed by atoms with Crippen LogP contribution >= 0.6 is 15.9 Å². The van der Waals surface area contributed by atoms with E-state index in [1.165, 1.54) is 6.42 Å². The second-order valence-corrected chi connectivity index (χ2v) is 6.47. The summed E-state index contributed by atoms with van der Waals surface area (Å²) in [6, 6.07) is 6.49. The molecule has 19 heavy (non-hydrogen) atoms. The molecule has 2 unspecified atom stereocenters. The molecule has 0 aliphatic carbocycles. The van der Waals surface area contributed by atoms with Crippen LogP contribution in [-0.2, 0) is 0 Å². The van der Waals surface area contributed by atoms with Crippen molar-refractivity contribution in [2.45, 2.75) is 25.8 Å². The monoisotopic (exact) mass is 322 g/mol. The van der Waals surface area contributed by atoms with E-state index in [1.54, 1.807) is 0 Å². The maximum atomic E-state index is 12.5. The highest BCUT2D eigenvalue weighted by molar-refractivity contribution is 9.10. The molecule has 1 N–H and O–H groups in total. The van der Waals surface area contributed by atoms with E-state index in [2.05, 4.69) is 21.2 Å². The molecule has 2 fully saturated rings. The maximum absolute atomic E-state index is 12.5. The molecule has 1 aromatic rings. The van der Waals surface area contributed by atoms with E-state index < -0.39 is 0 Å². The zero-order chi connectivity index (χ0) is 13.4. The van der Waals surface area contributed by atoms with Gasteiger partial charge in [-0.05, 0) is 56.0 Å². The second-order valence-electron chi connectivity index (χ2n) is 5.61. The average Bonchev–Trinajstić information content (AvgIpc) is 2.88. The van der Waals surface area contributed by atoms with Crippen molar-refractivity contribution in [3.05, 3.63) is 33.8 Å². The van der Waals surface area contributed by atoms with Gasteiger partial charge in [0.05, 0.1) is 0 Å². The van der Waals surface area contributed by atoms with Gasteiger partial charge in [-0.25, -0.2) is 0 Å². The number of amides is 1. The summed E-state index contributed by atoms with van der Waals surface area (Å²) >= 11 is 3.48. The number of carbonyl (C=O) groups excluding carboxylic acids is 1. The van der Waals surface area contributed by atoms with Gasteiger partial charge in [-0.2, -0.15) is 0 Å². The SMILES string of the molecule is Cc1cc(C(=O)N2CCC3NCCC3C2)ccc1Br. The number of carbonyl (C=O) groups is 1. The quantitative estimate of drug-likeness (QED) is 0.862. The third-order valence-corrected chi connectivity index (χ3v) is 5.24. The van der Waals surface area contributed by atoms with Crippen molar-refractivity contribution in [2.24, 2.45) is 5.92 Å². The first-order valence-corrected chi connectivity index (χ1v) is 7.73. The Morgan fingerprint density at radius 3 is 3.05 bits per heavy atom. The smallest absolute Gasteiger partial charge is 0.253 e. The van der Waals surface area contributed by atoms with Gasteiger partial charge in [0.1, 0.15) is 0 Å². The van der Waals surface area contributed by atoms with E-state index in [4.69, 9.17) is 0 Å². The topological polar surface area (TPSA) is 32.3 Å². The summed E-state index contributed by atoms with van der Waals surface area (Å²) in [5, 5.41) is 3.53. The van der Waals surface area contributed by atoms with Crippen LogP contribution in [0, 0.1) is 12.8 Å². The summed E-state index contributed by atoms with van der Waals surface area (Å²) in [5.41, 5.74) is 1.92. The van der Waals surface area contributed by atoms with Crippen LogP contribution in [-0.4, -0.2) is 36.5 Å². The van der Waals surface area contributed by atoms with E-state index in [0.717, 1.165) is 41.7 Å². The van der Waals surface area contributed by atoms with Crippen LogP contribution in [0.4, 0.5) is 0 Å². The van der Waals surface area contributed by atoms with E-state index >= 15 is 0 Å². The second kappa shape index (κ2) is 5.25. The lowest BCUT2D eigenvalue weighted by Gasteiger charge is -2.35. The van der Waals surface area contributed by atoms with Gasteiger partial charge in [-0.1, -0.05) is 15.9 Å². The molecule has 3 rings (SSSR count). The first kappa shape index (κ1) is 13.1. The fraction of sp³-hybridized carbons (Fsp3) is 0.533. The van der Waals surface area contributed by atoms with E-state index in [-0.39, 0.29) is 5.91 Å². The Labute approximate surface area is 122 Å². The molecular weight excluding hydrogens is 304 g/mol. The highest BCUT2D eigenvalue weighted by Crippen LogP contribution is 2.26. The predicted octanol–water partition coefficient (Wildman–Crippen LogP) is 2.58. The molecule has 2 atom stereocenters. The Morgan fingerprint density at radius 1 is 1.42 bits per heavy atom. The van der Waals surface area contributed by atoms with Crippen LogP contribution in [0.15, 0.2) is 22.7 Å². The fourth-order valence-corrected chi connectivity index (χ4v) is 3.44. The Bertz CT molecular complexity index is 503. The highest BCUT2D eigenvalue weighted by atomic mass is 79.9. The standard InChI is InChI=1S/C15H19BrN2O/c1-10-8-11(2-3-13(10)16)15(19)18-7-5-14-12(9-18)4-6-17-14/h2-3,8,12,14,17H,4-7,9H2,1H3. The van der Waals surface area contributed by atoms with Crippen molar-refractivity contribution in [1.82, 2.24) is 10.2 Å². The number of likely N-dealkylation sites (tertiary alicyclic amines) is 1. The third kappa shape index (κ3) is 2.56. The molecule has 2 aliphatic rings. The van der Waals surface area contributed by atoms with Crippen LogP contribution in [0.25, 0.3) is 0 Å². The lowest BCUT2D eigenvalue weighted by atomic mass is 9.93. The summed E-state index contributed by atoms with van der Waals surface area (Å²) in [6.07, 6.45) is 2.29. The van der Waals surface area contributed by atoms with E-state index in [9.17, 15) is 4.79 Å². The van der Waals surface area contributed by atoms with E-state index in [1.807, 2.05) is 30.0 Å². The molecule has 102 valence electrons. The largest absolute Gasteiger partial charge is 0.338 e. The first-order valence-electron chi connectivity index (χ1n) is 6.94. The predicted molar refractivity (Wildman–Crippen MR) is 79.3 cm³/mol. The molecule has 2 heterocycles. The van der Waals surface area contributed by atoms with Crippen LogP contribution in [0.5, 0.6) is 0 Å². The Morgan fingerprint density at radius 2 is 2.26 bits per heavy atom. The van der Waals surface area contributed by atoms with Crippen molar-refractivity contribution in [1.29, 1.82) is 0 Å². The normalized spacial score (nSPS) is 26.3. The van der Waals surface area contributed by atoms with Crippen LogP contribution in [0.3, 0.4) is 0 Å². The molecule has 2 aliphatic heterocycles. The number of nitrogens with one attached hydrogen (secondary N) is 1. The van der Waals surface area contributed by atoms with Gasteiger partial charge < -0.3 is 10.2 Å². The van der Waals surface area contributed by atoms with Crippen molar-refractivity contribution < 1.29 is 4.79 Å². The zero-order valence-corrected chi connectivity index (χ0v) is 12.7.